The minimum atomic E-state index is -3.05. The van der Waals surface area contributed by atoms with Crippen molar-refractivity contribution in [3.63, 3.8) is 0 Å². The molecule has 1 nitrogen and oxygen atoms in total. The molecular formula is C8H8F2O. The molecule has 0 spiro atoms. The number of rotatable bonds is 2. The normalized spacial score (nSPS) is 11.5. The molecule has 0 radical (unpaired) electrons. The minimum absolute atomic E-state index is 0.356. The molecule has 3 heteroatoms. The van der Waals surface area contributed by atoms with E-state index in [1.54, 1.807) is 6.92 Å². The van der Waals surface area contributed by atoms with Crippen LogP contribution in [0.3, 0.4) is 0 Å². The summed E-state index contributed by atoms with van der Waals surface area (Å²) in [6.45, 7) is 4.62. The van der Waals surface area contributed by atoms with Crippen LogP contribution >= 0.6 is 0 Å². The first-order chi connectivity index (χ1) is 5.06. The van der Waals surface area contributed by atoms with Crippen LogP contribution in [0.15, 0.2) is 29.2 Å². The molecule has 0 N–H and O–H groups in total. The van der Waals surface area contributed by atoms with Gasteiger partial charge in [0.05, 0.1) is 0 Å². The summed E-state index contributed by atoms with van der Waals surface area (Å²) in [4.78, 5) is 0. The van der Waals surface area contributed by atoms with Gasteiger partial charge in [-0.2, -0.15) is 8.78 Å². The van der Waals surface area contributed by atoms with Gasteiger partial charge in [0.25, 0.3) is 0 Å². The number of hydrogen-bond donors (Lipinski definition) is 0. The summed E-state index contributed by atoms with van der Waals surface area (Å²) < 4.78 is 30.1. The summed E-state index contributed by atoms with van der Waals surface area (Å²) in [5.41, 5.74) is 0. The summed E-state index contributed by atoms with van der Waals surface area (Å²) in [6, 6.07) is 2.74. The van der Waals surface area contributed by atoms with Crippen molar-refractivity contribution in [2.45, 2.75) is 12.8 Å². The predicted octanol–water partition coefficient (Wildman–Crippen LogP) is 2.87. The molecule has 0 aliphatic carbocycles. The second-order valence-corrected chi connectivity index (χ2v) is 2.24. The highest BCUT2D eigenvalue weighted by Crippen LogP contribution is 2.29. The first kappa shape index (κ1) is 7.98. The molecule has 0 aliphatic rings. The van der Waals surface area contributed by atoms with E-state index in [1.807, 2.05) is 0 Å². The summed E-state index contributed by atoms with van der Waals surface area (Å²) in [6.07, 6.45) is 0.561. The lowest BCUT2D eigenvalue weighted by molar-refractivity contribution is 0.0272. The van der Waals surface area contributed by atoms with Crippen LogP contribution in [0.25, 0.3) is 0 Å². The maximum absolute atomic E-state index is 12.7. The Labute approximate surface area is 63.3 Å². The van der Waals surface area contributed by atoms with Crippen molar-refractivity contribution in [2.24, 2.45) is 0 Å². The lowest BCUT2D eigenvalue weighted by Gasteiger charge is -2.05. The highest BCUT2D eigenvalue weighted by Gasteiger charge is 2.30. The topological polar surface area (TPSA) is 13.1 Å². The second-order valence-electron chi connectivity index (χ2n) is 2.24. The van der Waals surface area contributed by atoms with Crippen molar-refractivity contribution in [1.29, 1.82) is 0 Å². The van der Waals surface area contributed by atoms with Gasteiger partial charge in [0.2, 0.25) is 0 Å². The van der Waals surface area contributed by atoms with Gasteiger partial charge >= 0.3 is 5.92 Å². The summed E-state index contributed by atoms with van der Waals surface area (Å²) in [5.74, 6) is -2.93. The van der Waals surface area contributed by atoms with Crippen LogP contribution in [0.2, 0.25) is 0 Å². The molecular weight excluding hydrogens is 150 g/mol. The van der Waals surface area contributed by atoms with Gasteiger partial charge in [-0.15, -0.1) is 0 Å². The van der Waals surface area contributed by atoms with Gasteiger partial charge in [0, 0.05) is 0 Å². The zero-order chi connectivity index (χ0) is 8.48. The Kier molecular flexibility index (Phi) is 1.81. The number of allylic oxidation sites excluding steroid dienone is 1. The van der Waals surface area contributed by atoms with Crippen LogP contribution in [0.1, 0.15) is 11.5 Å². The summed E-state index contributed by atoms with van der Waals surface area (Å²) in [5, 5.41) is 0. The van der Waals surface area contributed by atoms with E-state index in [1.165, 1.54) is 12.1 Å². The molecule has 1 heterocycles. The average Bonchev–Trinajstić information content (AvgIpc) is 2.36. The van der Waals surface area contributed by atoms with E-state index in [4.69, 9.17) is 4.42 Å². The molecule has 0 atom stereocenters. The Balaban J connectivity index is 3.01. The largest absolute Gasteiger partial charge is 0.460 e. The van der Waals surface area contributed by atoms with E-state index in [2.05, 4.69) is 6.58 Å². The van der Waals surface area contributed by atoms with Crippen LogP contribution in [0.4, 0.5) is 8.78 Å². The van der Waals surface area contributed by atoms with Gasteiger partial charge in [-0.3, -0.25) is 0 Å². The fraction of sp³-hybridized carbons (Fsp3) is 0.250. The van der Waals surface area contributed by atoms with Crippen molar-refractivity contribution in [3.8, 4) is 0 Å². The van der Waals surface area contributed by atoms with Gasteiger partial charge in [-0.05, 0) is 25.1 Å². The van der Waals surface area contributed by atoms with Crippen LogP contribution in [-0.4, -0.2) is 0 Å². The van der Waals surface area contributed by atoms with Gasteiger partial charge in [-0.25, -0.2) is 0 Å². The summed E-state index contributed by atoms with van der Waals surface area (Å²) >= 11 is 0. The van der Waals surface area contributed by atoms with E-state index in [0.29, 0.717) is 11.8 Å². The van der Waals surface area contributed by atoms with Crippen LogP contribution < -0.4 is 0 Å². The van der Waals surface area contributed by atoms with Crippen LogP contribution in [0, 0.1) is 6.92 Å². The highest BCUT2D eigenvalue weighted by atomic mass is 19.3. The van der Waals surface area contributed by atoms with Gasteiger partial charge < -0.3 is 4.42 Å². The Morgan fingerprint density at radius 1 is 1.55 bits per heavy atom. The lowest BCUT2D eigenvalue weighted by Crippen LogP contribution is -2.06. The number of furan rings is 1. The zero-order valence-electron chi connectivity index (χ0n) is 6.10. The average molecular weight is 158 g/mol. The molecule has 11 heavy (non-hydrogen) atoms. The predicted molar refractivity (Wildman–Crippen MR) is 37.5 cm³/mol. The number of alkyl halides is 2. The fourth-order valence-corrected chi connectivity index (χ4v) is 0.714. The minimum Gasteiger partial charge on any atom is -0.460 e. The molecule has 0 bridgehead atoms. The standard InChI is InChI=1S/C8H8F2O/c1-3-8(9,10)7-5-4-6(2)11-7/h3-5H,1H2,2H3. The third-order valence-corrected chi connectivity index (χ3v) is 1.33. The number of hydrogen-bond acceptors (Lipinski definition) is 1. The fourth-order valence-electron chi connectivity index (χ4n) is 0.714. The van der Waals surface area contributed by atoms with E-state index >= 15 is 0 Å². The third-order valence-electron chi connectivity index (χ3n) is 1.33. The Bertz CT molecular complexity index is 263. The first-order valence-electron chi connectivity index (χ1n) is 3.14. The number of aryl methyl sites for hydroxylation is 1. The molecule has 0 amide bonds. The molecule has 0 fully saturated rings. The van der Waals surface area contributed by atoms with Crippen molar-refractivity contribution in [2.75, 3.05) is 0 Å². The van der Waals surface area contributed by atoms with Crippen molar-refractivity contribution in [1.82, 2.24) is 0 Å². The van der Waals surface area contributed by atoms with Crippen LogP contribution in [-0.2, 0) is 5.92 Å². The molecule has 1 rings (SSSR count). The molecule has 60 valence electrons. The monoisotopic (exact) mass is 158 g/mol. The van der Waals surface area contributed by atoms with Gasteiger partial charge in [-0.1, -0.05) is 6.58 Å². The van der Waals surface area contributed by atoms with E-state index in [-0.39, 0.29) is 5.76 Å². The molecule has 1 aromatic rings. The highest BCUT2D eigenvalue weighted by molar-refractivity contribution is 5.14. The first-order valence-corrected chi connectivity index (χ1v) is 3.14. The molecule has 0 saturated heterocycles. The van der Waals surface area contributed by atoms with Crippen molar-refractivity contribution in [3.05, 3.63) is 36.3 Å². The maximum atomic E-state index is 12.7. The lowest BCUT2D eigenvalue weighted by atomic mass is 10.2. The molecule has 0 saturated carbocycles. The number of halogens is 2. The van der Waals surface area contributed by atoms with Crippen LogP contribution in [0.5, 0.6) is 0 Å². The molecule has 1 aromatic heterocycles. The Morgan fingerprint density at radius 2 is 2.18 bits per heavy atom. The smallest absolute Gasteiger partial charge is 0.322 e. The molecule has 0 aliphatic heterocycles. The maximum Gasteiger partial charge on any atom is 0.322 e. The van der Waals surface area contributed by atoms with E-state index in [9.17, 15) is 8.78 Å². The third kappa shape index (κ3) is 1.48. The Hall–Kier alpha value is -1.12. The van der Waals surface area contributed by atoms with Crippen molar-refractivity contribution >= 4 is 0 Å². The van der Waals surface area contributed by atoms with E-state index < -0.39 is 5.92 Å². The van der Waals surface area contributed by atoms with Crippen molar-refractivity contribution < 1.29 is 13.2 Å². The molecule has 0 unspecified atom stereocenters. The second kappa shape index (κ2) is 2.49. The molecule has 0 aromatic carbocycles. The van der Waals surface area contributed by atoms with Gasteiger partial charge in [0.1, 0.15) is 5.76 Å². The van der Waals surface area contributed by atoms with E-state index in [0.717, 1.165) is 0 Å². The Morgan fingerprint density at radius 3 is 2.55 bits per heavy atom. The quantitative estimate of drug-likeness (QED) is 0.603. The summed E-state index contributed by atoms with van der Waals surface area (Å²) in [7, 11) is 0. The zero-order valence-corrected chi connectivity index (χ0v) is 6.10. The SMILES string of the molecule is C=CC(F)(F)c1ccc(C)o1. The van der Waals surface area contributed by atoms with Gasteiger partial charge in [0.15, 0.2) is 5.76 Å².